The minimum absolute atomic E-state index is 0.0773. The average molecular weight is 999 g/mol. The van der Waals surface area contributed by atoms with E-state index in [1.54, 1.807) is 0 Å². The van der Waals surface area contributed by atoms with Crippen LogP contribution in [0.25, 0.3) is 0 Å². The number of aliphatic hydroxyl groups is 1. The third-order valence-corrected chi connectivity index (χ3v) is 15.2. The van der Waals surface area contributed by atoms with E-state index in [4.69, 9.17) is 9.05 Å². The summed E-state index contributed by atoms with van der Waals surface area (Å²) < 4.78 is 23.8. The number of phosphoric ester groups is 1. The standard InChI is InChI=1S/C60H121N2O6P/c1-6-8-10-12-14-16-18-20-22-24-26-28-30-32-33-35-37-39-41-43-45-47-49-51-53-59(63)58(57-68-69(65,66)67-56-55-62(3,4)5)61-60(64)54-52-50-48-46-44-42-40-38-36-34-31-29-27-25-23-21-19-17-15-13-11-9-7-2/h25,27,58-59,63H,6-24,26,28-57H2,1-5H3,(H-,61,64,65,66)/p+1/b27-25-. The number of aliphatic hydroxyl groups excluding tert-OH is 1. The Kier molecular flexibility index (Phi) is 51.5. The Labute approximate surface area is 431 Å². The van der Waals surface area contributed by atoms with Crippen molar-refractivity contribution in [2.45, 2.75) is 328 Å². The topological polar surface area (TPSA) is 105 Å². The van der Waals surface area contributed by atoms with Crippen molar-refractivity contribution in [1.82, 2.24) is 5.32 Å². The monoisotopic (exact) mass is 998 g/mol. The highest BCUT2D eigenvalue weighted by molar-refractivity contribution is 7.47. The average Bonchev–Trinajstić information content (AvgIpc) is 3.31. The molecule has 69 heavy (non-hydrogen) atoms. The molecule has 3 N–H and O–H groups in total. The van der Waals surface area contributed by atoms with Crippen LogP contribution in [-0.4, -0.2) is 73.4 Å². The van der Waals surface area contributed by atoms with Crippen LogP contribution in [0.4, 0.5) is 0 Å². The summed E-state index contributed by atoms with van der Waals surface area (Å²) in [6.45, 7) is 4.94. The number of hydrogen-bond donors (Lipinski definition) is 3. The van der Waals surface area contributed by atoms with Gasteiger partial charge in [-0.1, -0.05) is 283 Å². The number of carbonyl (C=O) groups is 1. The zero-order chi connectivity index (χ0) is 50.6. The van der Waals surface area contributed by atoms with Crippen LogP contribution in [0.15, 0.2) is 12.2 Å². The van der Waals surface area contributed by atoms with Gasteiger partial charge in [0.25, 0.3) is 0 Å². The van der Waals surface area contributed by atoms with Crippen LogP contribution in [0.1, 0.15) is 316 Å². The molecule has 0 aliphatic rings. The second kappa shape index (κ2) is 52.1. The summed E-state index contributed by atoms with van der Waals surface area (Å²) in [5, 5.41) is 14.1. The molecule has 0 saturated carbocycles. The Morgan fingerprint density at radius 1 is 0.478 bits per heavy atom. The molecule has 0 rings (SSSR count). The van der Waals surface area contributed by atoms with E-state index in [0.717, 1.165) is 38.5 Å². The van der Waals surface area contributed by atoms with Gasteiger partial charge in [0, 0.05) is 6.42 Å². The molecule has 3 atom stereocenters. The number of amides is 1. The zero-order valence-corrected chi connectivity index (χ0v) is 48.0. The Balaban J connectivity index is 4.11. The molecular weight excluding hydrogens is 876 g/mol. The fourth-order valence-electron chi connectivity index (χ4n) is 9.46. The summed E-state index contributed by atoms with van der Waals surface area (Å²) in [4.78, 5) is 23.4. The first-order valence-electron chi connectivity index (χ1n) is 30.6. The highest BCUT2D eigenvalue weighted by Gasteiger charge is 2.28. The molecule has 3 unspecified atom stereocenters. The van der Waals surface area contributed by atoms with Crippen molar-refractivity contribution in [3.05, 3.63) is 12.2 Å². The fraction of sp³-hybridized carbons (Fsp3) is 0.950. The van der Waals surface area contributed by atoms with Crippen LogP contribution >= 0.6 is 7.82 Å². The summed E-state index contributed by atoms with van der Waals surface area (Å²) in [7, 11) is 1.63. The molecule has 0 heterocycles. The molecule has 0 aliphatic heterocycles. The predicted molar refractivity (Wildman–Crippen MR) is 300 cm³/mol. The van der Waals surface area contributed by atoms with Crippen LogP contribution in [0, 0.1) is 0 Å². The SMILES string of the molecule is CCCCCCCCCC/C=C\CCCCCCCCCCCCCC(=O)NC(COP(=O)(O)OCC[N+](C)(C)C)C(O)CCCCCCCCCCCCCCCCCCCCCCCCCC. The fourth-order valence-corrected chi connectivity index (χ4v) is 10.2. The molecule has 9 heteroatoms. The Morgan fingerprint density at radius 3 is 1.12 bits per heavy atom. The molecule has 8 nitrogen and oxygen atoms in total. The molecule has 0 aromatic rings. The van der Waals surface area contributed by atoms with Crippen molar-refractivity contribution in [2.75, 3.05) is 40.9 Å². The number of allylic oxidation sites excluding steroid dienone is 2. The highest BCUT2D eigenvalue weighted by atomic mass is 31.2. The van der Waals surface area contributed by atoms with E-state index in [1.165, 1.54) is 250 Å². The van der Waals surface area contributed by atoms with Gasteiger partial charge in [0.2, 0.25) is 5.91 Å². The number of carbonyl (C=O) groups excluding carboxylic acids is 1. The van der Waals surface area contributed by atoms with Gasteiger partial charge in [0.1, 0.15) is 13.2 Å². The minimum Gasteiger partial charge on any atom is -0.391 e. The molecule has 0 radical (unpaired) electrons. The van der Waals surface area contributed by atoms with Crippen LogP contribution in [-0.2, 0) is 18.4 Å². The maximum atomic E-state index is 13.0. The lowest BCUT2D eigenvalue weighted by molar-refractivity contribution is -0.870. The van der Waals surface area contributed by atoms with E-state index in [9.17, 15) is 19.4 Å². The van der Waals surface area contributed by atoms with Gasteiger partial charge in [-0.15, -0.1) is 0 Å². The van der Waals surface area contributed by atoms with Crippen molar-refractivity contribution in [1.29, 1.82) is 0 Å². The van der Waals surface area contributed by atoms with Crippen molar-refractivity contribution in [3.8, 4) is 0 Å². The molecule has 0 aliphatic carbocycles. The number of quaternary nitrogens is 1. The molecular formula is C60H122N2O6P+. The lowest BCUT2D eigenvalue weighted by Gasteiger charge is -2.26. The molecule has 0 aromatic carbocycles. The van der Waals surface area contributed by atoms with Crippen molar-refractivity contribution in [3.63, 3.8) is 0 Å². The quantitative estimate of drug-likeness (QED) is 0.0243. The first kappa shape index (κ1) is 68.2. The second-order valence-corrected chi connectivity index (χ2v) is 23.9. The number of nitrogens with zero attached hydrogens (tertiary/aromatic N) is 1. The maximum Gasteiger partial charge on any atom is 0.472 e. The number of likely N-dealkylation sites (N-methyl/N-ethyl adjacent to an activating group) is 1. The van der Waals surface area contributed by atoms with Crippen LogP contribution in [0.2, 0.25) is 0 Å². The van der Waals surface area contributed by atoms with E-state index in [0.29, 0.717) is 23.9 Å². The van der Waals surface area contributed by atoms with Gasteiger partial charge in [-0.25, -0.2) is 4.57 Å². The van der Waals surface area contributed by atoms with Gasteiger partial charge in [-0.2, -0.15) is 0 Å². The maximum absolute atomic E-state index is 13.0. The van der Waals surface area contributed by atoms with Gasteiger partial charge in [-0.05, 0) is 38.5 Å². The normalized spacial score (nSPS) is 13.9. The molecule has 0 bridgehead atoms. The molecule has 0 fully saturated rings. The van der Waals surface area contributed by atoms with E-state index in [2.05, 4.69) is 31.3 Å². The van der Waals surface area contributed by atoms with E-state index >= 15 is 0 Å². The lowest BCUT2D eigenvalue weighted by Crippen LogP contribution is -2.46. The number of rotatable bonds is 57. The Morgan fingerprint density at radius 2 is 0.783 bits per heavy atom. The molecule has 0 saturated heterocycles. The van der Waals surface area contributed by atoms with E-state index < -0.39 is 20.0 Å². The highest BCUT2D eigenvalue weighted by Crippen LogP contribution is 2.43. The molecule has 0 spiro atoms. The van der Waals surface area contributed by atoms with Gasteiger partial charge < -0.3 is 19.8 Å². The Bertz CT molecular complexity index is 1130. The summed E-state index contributed by atoms with van der Waals surface area (Å²) in [5.74, 6) is -0.139. The zero-order valence-electron chi connectivity index (χ0n) is 47.1. The van der Waals surface area contributed by atoms with E-state index in [1.807, 2.05) is 21.1 Å². The van der Waals surface area contributed by atoms with Gasteiger partial charge >= 0.3 is 7.82 Å². The molecule has 0 aromatic heterocycles. The second-order valence-electron chi connectivity index (χ2n) is 22.4. The minimum atomic E-state index is -4.32. The summed E-state index contributed by atoms with van der Waals surface area (Å²) in [6, 6.07) is -0.759. The van der Waals surface area contributed by atoms with Gasteiger partial charge in [0.05, 0.1) is 39.9 Å². The predicted octanol–water partition coefficient (Wildman–Crippen LogP) is 18.6. The lowest BCUT2D eigenvalue weighted by atomic mass is 10.0. The van der Waals surface area contributed by atoms with Gasteiger partial charge in [-0.3, -0.25) is 13.8 Å². The van der Waals surface area contributed by atoms with Crippen molar-refractivity contribution < 1.29 is 32.9 Å². The number of nitrogens with one attached hydrogen (secondary N) is 1. The van der Waals surface area contributed by atoms with Crippen molar-refractivity contribution in [2.24, 2.45) is 0 Å². The summed E-state index contributed by atoms with van der Waals surface area (Å²) in [5.41, 5.74) is 0. The van der Waals surface area contributed by atoms with Crippen LogP contribution in [0.3, 0.4) is 0 Å². The Hall–Kier alpha value is -0.760. The largest absolute Gasteiger partial charge is 0.472 e. The van der Waals surface area contributed by atoms with Crippen molar-refractivity contribution >= 4 is 13.7 Å². The number of hydrogen-bond acceptors (Lipinski definition) is 5. The summed E-state index contributed by atoms with van der Waals surface area (Å²) in [6.07, 6.45) is 64.2. The molecule has 412 valence electrons. The van der Waals surface area contributed by atoms with E-state index in [-0.39, 0.29) is 19.1 Å². The number of phosphoric acid groups is 1. The van der Waals surface area contributed by atoms with Gasteiger partial charge in [0.15, 0.2) is 0 Å². The first-order chi connectivity index (χ1) is 33.5. The third-order valence-electron chi connectivity index (χ3n) is 14.3. The first-order valence-corrected chi connectivity index (χ1v) is 32.0. The number of unbranched alkanes of at least 4 members (excludes halogenated alkanes) is 42. The van der Waals surface area contributed by atoms with Crippen LogP contribution < -0.4 is 5.32 Å². The smallest absolute Gasteiger partial charge is 0.391 e. The third kappa shape index (κ3) is 54.8. The van der Waals surface area contributed by atoms with Crippen LogP contribution in [0.5, 0.6) is 0 Å². The molecule has 1 amide bonds. The summed E-state index contributed by atoms with van der Waals surface area (Å²) >= 11 is 0.